The normalized spacial score (nSPS) is 14.3. The highest BCUT2D eigenvalue weighted by atomic mass is 16.5. The molecular weight excluding hydrogens is 226 g/mol. The van der Waals surface area contributed by atoms with Crippen LogP contribution in [0.1, 0.15) is 62.2 Å². The van der Waals surface area contributed by atoms with Crippen LogP contribution in [0.5, 0.6) is 0 Å². The van der Waals surface area contributed by atoms with Crippen molar-refractivity contribution in [3.63, 3.8) is 0 Å². The number of rotatable bonds is 3. The minimum Gasteiger partial charge on any atom is -0.462 e. The molecule has 1 aromatic heterocycles. The summed E-state index contributed by atoms with van der Waals surface area (Å²) in [7, 11) is 0. The molecule has 1 aromatic rings. The summed E-state index contributed by atoms with van der Waals surface area (Å²) in [6, 6.07) is 3.40. The second kappa shape index (κ2) is 9.63. The van der Waals surface area contributed by atoms with Gasteiger partial charge in [-0.2, -0.15) is 0 Å². The van der Waals surface area contributed by atoms with Gasteiger partial charge in [0.25, 0.3) is 0 Å². The molecule has 1 aliphatic carbocycles. The standard InChI is InChI=1S/C9H11NO2.C6H12/c1-2-6-12-9(11)8-4-3-5-10-7-8;1-2-4-6-5-3-1/h3-5,7H,2,6H2,1H3;1-6H2. The Morgan fingerprint density at radius 1 is 1.22 bits per heavy atom. The Balaban J connectivity index is 0.000000225. The Morgan fingerprint density at radius 3 is 2.28 bits per heavy atom. The number of esters is 1. The highest BCUT2D eigenvalue weighted by molar-refractivity contribution is 5.88. The van der Waals surface area contributed by atoms with E-state index in [1.165, 1.54) is 44.7 Å². The summed E-state index contributed by atoms with van der Waals surface area (Å²) in [6.45, 7) is 2.42. The predicted molar refractivity (Wildman–Crippen MR) is 72.5 cm³/mol. The van der Waals surface area contributed by atoms with Crippen LogP contribution < -0.4 is 0 Å². The van der Waals surface area contributed by atoms with Crippen molar-refractivity contribution in [2.24, 2.45) is 0 Å². The van der Waals surface area contributed by atoms with Crippen LogP contribution in [0.2, 0.25) is 0 Å². The SMILES string of the molecule is C1CCCCC1.CCCOC(=O)c1cccnc1. The first-order valence-corrected chi connectivity index (χ1v) is 6.91. The maximum atomic E-state index is 11.1. The van der Waals surface area contributed by atoms with Crippen molar-refractivity contribution >= 4 is 5.97 Å². The van der Waals surface area contributed by atoms with E-state index in [0.29, 0.717) is 12.2 Å². The molecule has 0 saturated heterocycles. The van der Waals surface area contributed by atoms with Gasteiger partial charge in [-0.1, -0.05) is 45.4 Å². The van der Waals surface area contributed by atoms with E-state index in [1.807, 2.05) is 6.92 Å². The summed E-state index contributed by atoms with van der Waals surface area (Å²) in [5.41, 5.74) is 0.506. The molecule has 0 bridgehead atoms. The lowest BCUT2D eigenvalue weighted by Gasteiger charge is -2.05. The minimum absolute atomic E-state index is 0.301. The Kier molecular flexibility index (Phi) is 7.85. The molecule has 0 spiro atoms. The van der Waals surface area contributed by atoms with E-state index in [-0.39, 0.29) is 5.97 Å². The van der Waals surface area contributed by atoms with Crippen LogP contribution in [0, 0.1) is 0 Å². The second-order valence-electron chi connectivity index (χ2n) is 4.50. The first-order valence-electron chi connectivity index (χ1n) is 6.91. The molecule has 1 aliphatic rings. The van der Waals surface area contributed by atoms with Crippen molar-refractivity contribution in [1.29, 1.82) is 0 Å². The third-order valence-corrected chi connectivity index (χ3v) is 2.83. The predicted octanol–water partition coefficient (Wildman–Crippen LogP) is 3.99. The molecule has 1 fully saturated rings. The largest absolute Gasteiger partial charge is 0.462 e. The zero-order valence-electron chi connectivity index (χ0n) is 11.2. The molecule has 0 amide bonds. The average Bonchev–Trinajstić information content (AvgIpc) is 2.48. The molecule has 0 aliphatic heterocycles. The second-order valence-corrected chi connectivity index (χ2v) is 4.50. The molecule has 3 heteroatoms. The fraction of sp³-hybridized carbons (Fsp3) is 0.600. The quantitative estimate of drug-likeness (QED) is 0.760. The Hall–Kier alpha value is -1.38. The van der Waals surface area contributed by atoms with Gasteiger partial charge in [0.2, 0.25) is 0 Å². The molecule has 3 nitrogen and oxygen atoms in total. The molecule has 0 unspecified atom stereocenters. The highest BCUT2D eigenvalue weighted by Gasteiger charge is 2.04. The van der Waals surface area contributed by atoms with E-state index in [1.54, 1.807) is 18.3 Å². The lowest BCUT2D eigenvalue weighted by Crippen LogP contribution is -2.05. The van der Waals surface area contributed by atoms with Crippen molar-refractivity contribution in [2.45, 2.75) is 51.9 Å². The first-order chi connectivity index (χ1) is 8.84. The number of nitrogens with zero attached hydrogens (tertiary/aromatic N) is 1. The summed E-state index contributed by atoms with van der Waals surface area (Å²) in [6.07, 6.45) is 13.0. The van der Waals surface area contributed by atoms with E-state index in [0.717, 1.165) is 6.42 Å². The van der Waals surface area contributed by atoms with Crippen LogP contribution in [0.25, 0.3) is 0 Å². The summed E-state index contributed by atoms with van der Waals surface area (Å²) in [5, 5.41) is 0. The maximum absolute atomic E-state index is 11.1. The number of ether oxygens (including phenoxy) is 1. The third kappa shape index (κ3) is 6.38. The minimum atomic E-state index is -0.301. The van der Waals surface area contributed by atoms with Gasteiger partial charge in [-0.15, -0.1) is 0 Å². The molecular formula is C15H23NO2. The number of carbonyl (C=O) groups is 1. The molecule has 0 radical (unpaired) electrons. The van der Waals surface area contributed by atoms with Crippen LogP contribution in [-0.2, 0) is 4.74 Å². The van der Waals surface area contributed by atoms with Gasteiger partial charge in [-0.3, -0.25) is 4.98 Å². The zero-order valence-corrected chi connectivity index (χ0v) is 11.2. The van der Waals surface area contributed by atoms with Gasteiger partial charge in [0.15, 0.2) is 0 Å². The molecule has 100 valence electrons. The topological polar surface area (TPSA) is 39.2 Å². The number of carbonyl (C=O) groups excluding carboxylic acids is 1. The third-order valence-electron chi connectivity index (χ3n) is 2.83. The summed E-state index contributed by atoms with van der Waals surface area (Å²) in [5.74, 6) is -0.301. The van der Waals surface area contributed by atoms with Gasteiger partial charge in [0.05, 0.1) is 12.2 Å². The van der Waals surface area contributed by atoms with Gasteiger partial charge < -0.3 is 4.74 Å². The van der Waals surface area contributed by atoms with Crippen molar-refractivity contribution in [3.8, 4) is 0 Å². The molecule has 2 rings (SSSR count). The van der Waals surface area contributed by atoms with E-state index >= 15 is 0 Å². The van der Waals surface area contributed by atoms with Crippen LogP contribution in [0.15, 0.2) is 24.5 Å². The van der Waals surface area contributed by atoms with Crippen molar-refractivity contribution in [3.05, 3.63) is 30.1 Å². The summed E-state index contributed by atoms with van der Waals surface area (Å²) in [4.78, 5) is 15.0. The smallest absolute Gasteiger partial charge is 0.339 e. The van der Waals surface area contributed by atoms with Crippen molar-refractivity contribution in [2.75, 3.05) is 6.61 Å². The van der Waals surface area contributed by atoms with E-state index in [9.17, 15) is 4.79 Å². The van der Waals surface area contributed by atoms with E-state index < -0.39 is 0 Å². The highest BCUT2D eigenvalue weighted by Crippen LogP contribution is 2.15. The van der Waals surface area contributed by atoms with Crippen molar-refractivity contribution < 1.29 is 9.53 Å². The number of pyridine rings is 1. The van der Waals surface area contributed by atoms with Gasteiger partial charge in [0.1, 0.15) is 0 Å². The van der Waals surface area contributed by atoms with Crippen LogP contribution >= 0.6 is 0 Å². The Morgan fingerprint density at radius 2 is 1.83 bits per heavy atom. The monoisotopic (exact) mass is 249 g/mol. The number of aromatic nitrogens is 1. The fourth-order valence-corrected chi connectivity index (χ4v) is 1.82. The zero-order chi connectivity index (χ0) is 13.1. The lowest BCUT2D eigenvalue weighted by molar-refractivity contribution is 0.0504. The van der Waals surface area contributed by atoms with Crippen molar-refractivity contribution in [1.82, 2.24) is 4.98 Å². The molecule has 18 heavy (non-hydrogen) atoms. The molecule has 1 saturated carbocycles. The van der Waals surface area contributed by atoms with Crippen LogP contribution in [0.4, 0.5) is 0 Å². The van der Waals surface area contributed by atoms with Gasteiger partial charge in [-0.05, 0) is 18.6 Å². The first kappa shape index (κ1) is 14.7. The van der Waals surface area contributed by atoms with E-state index in [2.05, 4.69) is 4.98 Å². The maximum Gasteiger partial charge on any atom is 0.339 e. The Labute approximate surface area is 110 Å². The average molecular weight is 249 g/mol. The summed E-state index contributed by atoms with van der Waals surface area (Å²) >= 11 is 0. The van der Waals surface area contributed by atoms with Gasteiger partial charge >= 0.3 is 5.97 Å². The fourth-order valence-electron chi connectivity index (χ4n) is 1.82. The Bertz CT molecular complexity index is 309. The van der Waals surface area contributed by atoms with Gasteiger partial charge in [-0.25, -0.2) is 4.79 Å². The van der Waals surface area contributed by atoms with E-state index in [4.69, 9.17) is 4.74 Å². The molecule has 0 aromatic carbocycles. The number of hydrogen-bond acceptors (Lipinski definition) is 3. The summed E-state index contributed by atoms with van der Waals surface area (Å²) < 4.78 is 4.90. The number of hydrogen-bond donors (Lipinski definition) is 0. The van der Waals surface area contributed by atoms with Gasteiger partial charge in [0, 0.05) is 12.4 Å². The molecule has 0 atom stereocenters. The molecule has 0 N–H and O–H groups in total. The molecule has 1 heterocycles. The van der Waals surface area contributed by atoms with Crippen LogP contribution in [-0.4, -0.2) is 17.6 Å². The lowest BCUT2D eigenvalue weighted by atomic mass is 10.0. The van der Waals surface area contributed by atoms with Crippen LogP contribution in [0.3, 0.4) is 0 Å².